The van der Waals surface area contributed by atoms with Crippen LogP contribution in [0.25, 0.3) is 5.69 Å². The van der Waals surface area contributed by atoms with Crippen LogP contribution in [-0.2, 0) is 5.75 Å². The maximum Gasteiger partial charge on any atom is 0.232 e. The molecule has 7 heteroatoms. The Kier molecular flexibility index (Phi) is 4.97. The molecular formula is C19H23N5OS. The van der Waals surface area contributed by atoms with Crippen LogP contribution >= 0.6 is 11.8 Å². The van der Waals surface area contributed by atoms with Crippen molar-refractivity contribution >= 4 is 17.7 Å². The zero-order valence-electron chi connectivity index (χ0n) is 15.2. The van der Waals surface area contributed by atoms with E-state index >= 15 is 0 Å². The molecule has 4 rings (SSSR count). The molecule has 2 aromatic heterocycles. The van der Waals surface area contributed by atoms with Crippen molar-refractivity contribution in [2.45, 2.75) is 44.0 Å². The molecule has 1 aromatic carbocycles. The number of benzene rings is 1. The summed E-state index contributed by atoms with van der Waals surface area (Å²) in [5, 5.41) is 13.8. The van der Waals surface area contributed by atoms with Crippen molar-refractivity contribution in [2.24, 2.45) is 0 Å². The maximum atomic E-state index is 5.33. The van der Waals surface area contributed by atoms with E-state index in [2.05, 4.69) is 56.0 Å². The van der Waals surface area contributed by atoms with E-state index in [1.807, 2.05) is 13.0 Å². The molecule has 0 saturated carbocycles. The van der Waals surface area contributed by atoms with Gasteiger partial charge in [-0.3, -0.25) is 4.57 Å². The van der Waals surface area contributed by atoms with Gasteiger partial charge >= 0.3 is 0 Å². The number of aromatic nitrogens is 4. The first kappa shape index (κ1) is 17.1. The van der Waals surface area contributed by atoms with Crippen LogP contribution in [0.4, 0.5) is 5.95 Å². The molecule has 1 fully saturated rings. The van der Waals surface area contributed by atoms with Gasteiger partial charge in [-0.25, -0.2) is 0 Å². The molecule has 1 aliphatic rings. The second-order valence-corrected chi connectivity index (χ2v) is 7.67. The van der Waals surface area contributed by atoms with E-state index in [0.29, 0.717) is 5.75 Å². The number of piperidine rings is 1. The highest BCUT2D eigenvalue weighted by molar-refractivity contribution is 7.98. The molecule has 0 unspecified atom stereocenters. The van der Waals surface area contributed by atoms with Crippen LogP contribution in [0.2, 0.25) is 0 Å². The molecule has 3 aromatic rings. The number of hydrogen-bond acceptors (Lipinski definition) is 6. The van der Waals surface area contributed by atoms with Gasteiger partial charge < -0.3 is 9.42 Å². The summed E-state index contributed by atoms with van der Waals surface area (Å²) in [7, 11) is 0. The predicted octanol–water partition coefficient (Wildman–Crippen LogP) is 4.15. The zero-order valence-corrected chi connectivity index (χ0v) is 16.0. The fourth-order valence-corrected chi connectivity index (χ4v) is 4.02. The first-order valence-electron chi connectivity index (χ1n) is 9.03. The average Bonchev–Trinajstić information content (AvgIpc) is 3.27. The summed E-state index contributed by atoms with van der Waals surface area (Å²) in [6, 6.07) is 10.5. The van der Waals surface area contributed by atoms with Crippen LogP contribution in [0.3, 0.4) is 0 Å². The van der Waals surface area contributed by atoms with Gasteiger partial charge in [0.05, 0.1) is 17.1 Å². The molecule has 1 saturated heterocycles. The van der Waals surface area contributed by atoms with Gasteiger partial charge in [0, 0.05) is 19.2 Å². The Hall–Kier alpha value is -2.28. The Labute approximate surface area is 157 Å². The van der Waals surface area contributed by atoms with Crippen molar-refractivity contribution in [2.75, 3.05) is 18.0 Å². The van der Waals surface area contributed by atoms with Crippen molar-refractivity contribution < 1.29 is 4.52 Å². The molecule has 3 heterocycles. The van der Waals surface area contributed by atoms with Crippen LogP contribution in [0, 0.1) is 13.8 Å². The van der Waals surface area contributed by atoms with Crippen molar-refractivity contribution in [1.82, 2.24) is 19.9 Å². The smallest absolute Gasteiger partial charge is 0.232 e. The van der Waals surface area contributed by atoms with Crippen molar-refractivity contribution in [3.05, 3.63) is 47.3 Å². The molecule has 136 valence electrons. The quantitative estimate of drug-likeness (QED) is 0.630. The molecule has 0 atom stereocenters. The Balaban J connectivity index is 1.66. The lowest BCUT2D eigenvalue weighted by Gasteiger charge is -2.27. The maximum absolute atomic E-state index is 5.33. The second kappa shape index (κ2) is 7.53. The predicted molar refractivity (Wildman–Crippen MR) is 103 cm³/mol. The van der Waals surface area contributed by atoms with Gasteiger partial charge in [-0.05, 0) is 45.2 Å². The normalized spacial score (nSPS) is 14.8. The first-order chi connectivity index (χ1) is 12.7. The van der Waals surface area contributed by atoms with E-state index in [0.717, 1.165) is 41.3 Å². The lowest BCUT2D eigenvalue weighted by atomic mass is 10.1. The van der Waals surface area contributed by atoms with Gasteiger partial charge in [-0.2, -0.15) is 0 Å². The van der Waals surface area contributed by atoms with E-state index in [1.165, 1.54) is 24.8 Å². The van der Waals surface area contributed by atoms with Gasteiger partial charge in [0.25, 0.3) is 0 Å². The minimum Gasteiger partial charge on any atom is -0.360 e. The highest BCUT2D eigenvalue weighted by Gasteiger charge is 2.21. The molecule has 0 radical (unpaired) electrons. The van der Waals surface area contributed by atoms with Crippen LogP contribution in [0.1, 0.15) is 36.3 Å². The third-order valence-electron chi connectivity index (χ3n) is 4.57. The Bertz CT molecular complexity index is 864. The highest BCUT2D eigenvalue weighted by atomic mass is 32.2. The number of nitrogens with zero attached hydrogens (tertiary/aromatic N) is 5. The van der Waals surface area contributed by atoms with E-state index in [9.17, 15) is 0 Å². The fourth-order valence-electron chi connectivity index (χ4n) is 3.19. The van der Waals surface area contributed by atoms with Crippen LogP contribution in [-0.4, -0.2) is 33.0 Å². The number of thioether (sulfide) groups is 1. The molecule has 0 amide bonds. The first-order valence-corrected chi connectivity index (χ1v) is 10.0. The second-order valence-electron chi connectivity index (χ2n) is 6.72. The fraction of sp³-hybridized carbons (Fsp3) is 0.421. The number of rotatable bonds is 5. The van der Waals surface area contributed by atoms with Crippen molar-refractivity contribution in [3.63, 3.8) is 0 Å². The van der Waals surface area contributed by atoms with Gasteiger partial charge in [-0.15, -0.1) is 10.2 Å². The van der Waals surface area contributed by atoms with E-state index in [4.69, 9.17) is 4.52 Å². The van der Waals surface area contributed by atoms with Gasteiger partial charge in [0.15, 0.2) is 5.16 Å². The summed E-state index contributed by atoms with van der Waals surface area (Å²) >= 11 is 1.63. The summed E-state index contributed by atoms with van der Waals surface area (Å²) in [6.45, 7) is 6.11. The van der Waals surface area contributed by atoms with Gasteiger partial charge in [0.2, 0.25) is 5.95 Å². The third-order valence-corrected chi connectivity index (χ3v) is 5.52. The van der Waals surface area contributed by atoms with Gasteiger partial charge in [-0.1, -0.05) is 34.6 Å². The van der Waals surface area contributed by atoms with E-state index in [-0.39, 0.29) is 0 Å². The molecule has 1 aliphatic heterocycles. The summed E-state index contributed by atoms with van der Waals surface area (Å²) in [4.78, 5) is 2.35. The Morgan fingerprint density at radius 2 is 1.81 bits per heavy atom. The Morgan fingerprint density at radius 1 is 1.04 bits per heavy atom. The van der Waals surface area contributed by atoms with Crippen LogP contribution in [0.15, 0.2) is 40.0 Å². The minimum absolute atomic E-state index is 0.685. The minimum atomic E-state index is 0.685. The summed E-state index contributed by atoms with van der Waals surface area (Å²) in [6.07, 6.45) is 3.71. The summed E-state index contributed by atoms with van der Waals surface area (Å²) in [5.74, 6) is 2.47. The standard InChI is InChI=1S/C19H23N5OS/c1-14-6-8-16(9-7-14)24-18(23-10-4-3-5-11-23)20-21-19(24)26-13-17-12-15(2)22-25-17/h6-9,12H,3-5,10-11,13H2,1-2H3. The number of aryl methyl sites for hydroxylation is 2. The number of hydrogen-bond donors (Lipinski definition) is 0. The molecule has 6 nitrogen and oxygen atoms in total. The topological polar surface area (TPSA) is 60.0 Å². The summed E-state index contributed by atoms with van der Waals surface area (Å²) < 4.78 is 7.50. The van der Waals surface area contributed by atoms with Crippen LogP contribution in [0.5, 0.6) is 0 Å². The molecule has 26 heavy (non-hydrogen) atoms. The number of anilines is 1. The largest absolute Gasteiger partial charge is 0.360 e. The summed E-state index contributed by atoms with van der Waals surface area (Å²) in [5.41, 5.74) is 3.24. The molecule has 0 spiro atoms. The van der Waals surface area contributed by atoms with Crippen molar-refractivity contribution in [3.8, 4) is 5.69 Å². The molecule has 0 N–H and O–H groups in total. The van der Waals surface area contributed by atoms with Gasteiger partial charge in [0.1, 0.15) is 5.76 Å². The zero-order chi connectivity index (χ0) is 17.9. The Morgan fingerprint density at radius 3 is 2.50 bits per heavy atom. The molecular weight excluding hydrogens is 346 g/mol. The monoisotopic (exact) mass is 369 g/mol. The van der Waals surface area contributed by atoms with E-state index < -0.39 is 0 Å². The molecule has 0 aliphatic carbocycles. The molecule has 0 bridgehead atoms. The highest BCUT2D eigenvalue weighted by Crippen LogP contribution is 2.30. The SMILES string of the molecule is Cc1ccc(-n2c(SCc3cc(C)no3)nnc2N2CCCCC2)cc1. The third kappa shape index (κ3) is 3.62. The van der Waals surface area contributed by atoms with Crippen molar-refractivity contribution in [1.29, 1.82) is 0 Å². The van der Waals surface area contributed by atoms with E-state index in [1.54, 1.807) is 11.8 Å². The van der Waals surface area contributed by atoms with Crippen LogP contribution < -0.4 is 4.90 Å². The average molecular weight is 369 g/mol. The lowest BCUT2D eigenvalue weighted by Crippen LogP contribution is -2.31. The lowest BCUT2D eigenvalue weighted by molar-refractivity contribution is 0.391.